The number of esters is 2. The van der Waals surface area contributed by atoms with Gasteiger partial charge in [0.05, 0.1) is 48.1 Å². The van der Waals surface area contributed by atoms with Gasteiger partial charge in [-0.05, 0) is 96.5 Å². The lowest BCUT2D eigenvalue weighted by Gasteiger charge is -2.31. The van der Waals surface area contributed by atoms with Crippen LogP contribution in [-0.2, 0) is 89.0 Å². The highest BCUT2D eigenvalue weighted by molar-refractivity contribution is 6.13. The number of Topliss-reactive ketones (excluding diaryl/α,β-unsaturated/α-hetero) is 1. The van der Waals surface area contributed by atoms with Crippen molar-refractivity contribution in [3.63, 3.8) is 0 Å². The van der Waals surface area contributed by atoms with Gasteiger partial charge >= 0.3 is 11.9 Å². The zero-order valence-corrected chi connectivity index (χ0v) is 47.3. The van der Waals surface area contributed by atoms with Crippen LogP contribution < -0.4 is 26.8 Å². The molecule has 5 N–H and O–H groups in total. The number of imide groups is 1. The van der Waals surface area contributed by atoms with Crippen molar-refractivity contribution in [1.29, 1.82) is 0 Å². The number of ketones is 1. The van der Waals surface area contributed by atoms with Gasteiger partial charge in [-0.25, -0.2) is 9.78 Å². The second-order valence-electron chi connectivity index (χ2n) is 22.3. The number of hydrogen-bond acceptors (Lipinski definition) is 15. The van der Waals surface area contributed by atoms with Gasteiger partial charge in [-0.15, -0.1) is 0 Å². The summed E-state index contributed by atoms with van der Waals surface area (Å²) in [6, 6.07) is 18.9. The van der Waals surface area contributed by atoms with Crippen molar-refractivity contribution >= 4 is 69.8 Å². The van der Waals surface area contributed by atoms with Gasteiger partial charge in [0.25, 0.3) is 17.4 Å². The molecule has 1 unspecified atom stereocenters. The van der Waals surface area contributed by atoms with E-state index in [1.165, 1.54) is 6.92 Å². The summed E-state index contributed by atoms with van der Waals surface area (Å²) in [6.45, 7) is 6.78. The molecule has 0 bridgehead atoms. The molecule has 0 fully saturated rings. The first-order chi connectivity index (χ1) is 40.4. The van der Waals surface area contributed by atoms with Crippen molar-refractivity contribution in [3.8, 4) is 22.5 Å². The molecule has 3 aromatic carbocycles. The number of cyclic esters (lactones) is 1. The summed E-state index contributed by atoms with van der Waals surface area (Å²) < 4.78 is 18.4. The van der Waals surface area contributed by atoms with E-state index in [2.05, 4.69) is 21.3 Å². The molecule has 6 amide bonds. The summed E-state index contributed by atoms with van der Waals surface area (Å²) in [6.07, 6.45) is 3.63. The fraction of sp³-hybridized carbons (Fsp3) is 0.413. The number of aromatic nitrogens is 2. The van der Waals surface area contributed by atoms with Gasteiger partial charge in [0.2, 0.25) is 23.6 Å². The maximum absolute atomic E-state index is 14.0. The minimum atomic E-state index is -1.96. The number of pyridine rings is 2. The Bertz CT molecular complexity index is 3580. The lowest BCUT2D eigenvalue weighted by molar-refractivity contribution is -0.172. The molecule has 84 heavy (non-hydrogen) atoms. The van der Waals surface area contributed by atoms with Crippen LogP contribution in [0.4, 0.5) is 5.69 Å². The van der Waals surface area contributed by atoms with Crippen LogP contribution in [0.25, 0.3) is 33.4 Å². The average Bonchev–Trinajstić information content (AvgIpc) is 1.62. The molecule has 0 saturated heterocycles. The monoisotopic (exact) mass is 1150 g/mol. The minimum Gasteiger partial charge on any atom is -0.464 e. The number of ether oxygens (including phenoxy) is 3. The third-order valence-electron chi connectivity index (χ3n) is 16.6. The van der Waals surface area contributed by atoms with E-state index in [0.29, 0.717) is 35.4 Å². The van der Waals surface area contributed by atoms with Gasteiger partial charge in [0.15, 0.2) is 5.60 Å². The van der Waals surface area contributed by atoms with Gasteiger partial charge in [-0.2, -0.15) is 0 Å². The number of fused-ring (bicyclic) bond motifs is 8. The first-order valence-electron chi connectivity index (χ1n) is 28.7. The molecule has 2 aliphatic carbocycles. The molecular formula is C63H67N7O14. The molecule has 4 atom stereocenters. The van der Waals surface area contributed by atoms with E-state index >= 15 is 0 Å². The molecule has 21 nitrogen and oxygen atoms in total. The number of carbonyl (C=O) groups is 9. The summed E-state index contributed by atoms with van der Waals surface area (Å²) >= 11 is 0. The second-order valence-corrected chi connectivity index (χ2v) is 22.3. The molecule has 0 radical (unpaired) electrons. The van der Waals surface area contributed by atoms with Crippen LogP contribution in [0.2, 0.25) is 0 Å². The van der Waals surface area contributed by atoms with E-state index in [0.717, 1.165) is 67.8 Å². The van der Waals surface area contributed by atoms with E-state index in [4.69, 9.17) is 19.2 Å². The van der Waals surface area contributed by atoms with Gasteiger partial charge in [-0.3, -0.25) is 48.1 Å². The van der Waals surface area contributed by atoms with Crippen LogP contribution in [0, 0.1) is 11.8 Å². The molecule has 0 saturated carbocycles. The predicted molar refractivity (Wildman–Crippen MR) is 306 cm³/mol. The van der Waals surface area contributed by atoms with Crippen LogP contribution in [0.1, 0.15) is 118 Å². The Hall–Kier alpha value is -8.69. The van der Waals surface area contributed by atoms with E-state index in [1.54, 1.807) is 43.5 Å². The summed E-state index contributed by atoms with van der Waals surface area (Å²) in [7, 11) is 0. The maximum atomic E-state index is 14.0. The van der Waals surface area contributed by atoms with Gasteiger partial charge in [0.1, 0.15) is 31.1 Å². The molecule has 0 spiro atoms. The number of amides is 6. The number of anilines is 1. The average molecular weight is 1150 g/mol. The molecule has 5 aromatic rings. The number of hydrogen-bond donors (Lipinski definition) is 5. The maximum Gasteiger partial charge on any atom is 0.343 e. The summed E-state index contributed by atoms with van der Waals surface area (Å²) in [5.74, 6) is -6.51. The van der Waals surface area contributed by atoms with E-state index in [-0.39, 0.29) is 119 Å². The van der Waals surface area contributed by atoms with E-state index < -0.39 is 71.0 Å². The number of aryl methyl sites for hydroxylation is 2. The summed E-state index contributed by atoms with van der Waals surface area (Å²) in [5, 5.41) is 23.4. The highest BCUT2D eigenvalue weighted by Gasteiger charge is 2.46. The SMILES string of the molecule is CC[C@@]1(O)C(=O)OCc2c1cc1n(c2=O)Cc2c-1nc1ccc(NC(=O)[C@H](C)NC(=O)C(NC(=O)CC[C@H](CC(=O)CCOCCNC(=O)CCN3C(=O)C=CC3=O)C(=O)OCC3c4ccccc4-c4ccccc43)C(C)C)c3c1c2CCC3. The van der Waals surface area contributed by atoms with E-state index in [1.807, 2.05) is 48.5 Å². The Morgan fingerprint density at radius 1 is 0.810 bits per heavy atom. The van der Waals surface area contributed by atoms with Crippen molar-refractivity contribution in [1.82, 2.24) is 30.4 Å². The minimum absolute atomic E-state index is 0.00161. The third kappa shape index (κ3) is 11.7. The zero-order valence-electron chi connectivity index (χ0n) is 47.3. The Labute approximate surface area is 483 Å². The highest BCUT2D eigenvalue weighted by atomic mass is 16.6. The quantitative estimate of drug-likeness (QED) is 0.0312. The molecular weight excluding hydrogens is 1080 g/mol. The van der Waals surface area contributed by atoms with E-state index in [9.17, 15) is 53.1 Å². The van der Waals surface area contributed by atoms with Crippen molar-refractivity contribution in [2.75, 3.05) is 38.2 Å². The molecule has 3 aliphatic heterocycles. The number of nitrogens with one attached hydrogen (secondary N) is 4. The molecule has 10 rings (SSSR count). The van der Waals surface area contributed by atoms with Gasteiger partial charge < -0.3 is 45.2 Å². The van der Waals surface area contributed by atoms with Crippen LogP contribution in [0.5, 0.6) is 0 Å². The number of nitrogens with zero attached hydrogens (tertiary/aromatic N) is 3. The van der Waals surface area contributed by atoms with Crippen molar-refractivity contribution < 1.29 is 62.5 Å². The Morgan fingerprint density at radius 3 is 2.21 bits per heavy atom. The smallest absolute Gasteiger partial charge is 0.343 e. The highest BCUT2D eigenvalue weighted by Crippen LogP contribution is 2.46. The van der Waals surface area contributed by atoms with Crippen LogP contribution in [0.15, 0.2) is 83.7 Å². The second kappa shape index (κ2) is 24.6. The molecule has 21 heteroatoms. The first kappa shape index (κ1) is 58.5. The predicted octanol–water partition coefficient (Wildman–Crippen LogP) is 4.70. The molecule has 5 aliphatic rings. The molecule has 2 aromatic heterocycles. The largest absolute Gasteiger partial charge is 0.464 e. The normalized spacial score (nSPS) is 17.4. The summed E-state index contributed by atoms with van der Waals surface area (Å²) in [5.41, 5.74) is 7.23. The Kier molecular flexibility index (Phi) is 17.2. The fourth-order valence-corrected chi connectivity index (χ4v) is 12.0. The first-order valence-corrected chi connectivity index (χ1v) is 28.7. The van der Waals surface area contributed by atoms with Crippen molar-refractivity contribution in [2.24, 2.45) is 11.8 Å². The Balaban J connectivity index is 0.754. The van der Waals surface area contributed by atoms with Crippen LogP contribution in [-0.4, -0.2) is 118 Å². The molecule has 438 valence electrons. The number of aliphatic hydroxyl groups is 1. The number of carbonyl (C=O) groups excluding carboxylic acids is 9. The van der Waals surface area contributed by atoms with Gasteiger partial charge in [0, 0.05) is 79.0 Å². The van der Waals surface area contributed by atoms with Gasteiger partial charge in [-0.1, -0.05) is 69.3 Å². The standard InChI is InChI=1S/C63H67N7O14/c1-5-63(81)47-30-50-57-44(31-70(50)60(78)46(47)33-84-62(63)80)42-15-10-16-43-48(18-19-49(66-57)55(42)43)67-58(76)35(4)65-59(77)56(34(2)3)68-52(73)20-17-36(61(79)83-32-45-40-13-8-6-11-38(40)39-12-7-9-14-41(39)45)29-37(71)24-27-82-28-25-64-51(72)23-26-69-53(74)21-22-54(69)75/h6-9,11-14,18-19,21-22,30,34-36,45,56,81H,5,10,15-17,20,23-29,31-33H2,1-4H3,(H,64,72)(H,65,77)(H,67,76)(H,68,73)/t35-,36+,56?,63-/m0/s1. The molecule has 5 heterocycles. The van der Waals surface area contributed by atoms with Crippen molar-refractivity contribution in [2.45, 2.75) is 122 Å². The Morgan fingerprint density at radius 2 is 1.51 bits per heavy atom. The lowest BCUT2D eigenvalue weighted by atomic mass is 9.85. The third-order valence-corrected chi connectivity index (χ3v) is 16.6. The van der Waals surface area contributed by atoms with Crippen LogP contribution in [0.3, 0.4) is 0 Å². The topological polar surface area (TPSA) is 288 Å². The number of rotatable bonds is 24. The van der Waals surface area contributed by atoms with Crippen LogP contribution >= 0.6 is 0 Å². The fourth-order valence-electron chi connectivity index (χ4n) is 12.0. The number of benzene rings is 3. The lowest BCUT2D eigenvalue weighted by Crippen LogP contribution is -2.53. The zero-order chi connectivity index (χ0) is 59.6. The van der Waals surface area contributed by atoms with Crippen molar-refractivity contribution in [3.05, 3.63) is 128 Å². The summed E-state index contributed by atoms with van der Waals surface area (Å²) in [4.78, 5) is 138.